The van der Waals surface area contributed by atoms with Crippen LogP contribution in [0.4, 0.5) is 0 Å². The van der Waals surface area contributed by atoms with Crippen molar-refractivity contribution in [3.05, 3.63) is 0 Å². The van der Waals surface area contributed by atoms with Gasteiger partial charge in [0.2, 0.25) is 0 Å². The minimum Gasteiger partial charge on any atom is -0.344 e. The van der Waals surface area contributed by atoms with Crippen LogP contribution in [0.1, 0.15) is 79.6 Å². The maximum atomic E-state index is 6.07. The lowest BCUT2D eigenvalue weighted by Gasteiger charge is -2.38. The van der Waals surface area contributed by atoms with Crippen LogP contribution in [0.15, 0.2) is 0 Å². The molecule has 0 aromatic rings. The molecule has 1 saturated heterocycles. The van der Waals surface area contributed by atoms with E-state index in [-0.39, 0.29) is 5.60 Å². The van der Waals surface area contributed by atoms with Crippen LogP contribution in [-0.4, -0.2) is 17.5 Å². The molecule has 0 spiro atoms. The summed E-state index contributed by atoms with van der Waals surface area (Å²) in [5.74, 6) is -0.567. The van der Waals surface area contributed by atoms with E-state index in [1.54, 1.807) is 0 Å². The summed E-state index contributed by atoms with van der Waals surface area (Å²) in [7, 11) is 0. The maximum Gasteiger partial charge on any atom is 0.199 e. The molecule has 0 amide bonds. The average molecular weight is 258 g/mol. The molecular weight excluding hydrogens is 228 g/mol. The maximum absolute atomic E-state index is 6.07. The van der Waals surface area contributed by atoms with Crippen molar-refractivity contribution >= 4 is 0 Å². The van der Waals surface area contributed by atoms with Crippen molar-refractivity contribution in [1.82, 2.24) is 0 Å². The lowest BCUT2D eigenvalue weighted by Crippen LogP contribution is -2.42. The highest BCUT2D eigenvalue weighted by atomic mass is 17.2. The van der Waals surface area contributed by atoms with Crippen LogP contribution in [0.2, 0.25) is 0 Å². The Morgan fingerprint density at radius 3 is 2.61 bits per heavy atom. The fourth-order valence-electron chi connectivity index (χ4n) is 2.22. The first kappa shape index (κ1) is 15.9. The zero-order valence-electron chi connectivity index (χ0n) is 12.8. The normalized spacial score (nSPS) is 29.5. The van der Waals surface area contributed by atoms with Gasteiger partial charge in [-0.15, -0.1) is 0 Å². The Bertz CT molecular complexity index is 234. The Balaban J connectivity index is 2.36. The van der Waals surface area contributed by atoms with Crippen molar-refractivity contribution in [3.8, 4) is 0 Å². The minimum atomic E-state index is -0.567. The van der Waals surface area contributed by atoms with E-state index in [0.29, 0.717) is 6.10 Å². The first-order valence-electron chi connectivity index (χ1n) is 7.39. The number of hydrogen-bond donors (Lipinski definition) is 0. The van der Waals surface area contributed by atoms with Crippen LogP contribution in [0.3, 0.4) is 0 Å². The summed E-state index contributed by atoms with van der Waals surface area (Å²) in [6.45, 7) is 10.2. The monoisotopic (exact) mass is 258 g/mol. The molecule has 1 rings (SSSR count). The molecule has 2 atom stereocenters. The van der Waals surface area contributed by atoms with Gasteiger partial charge in [-0.25, -0.2) is 9.78 Å². The van der Waals surface area contributed by atoms with Crippen molar-refractivity contribution in [1.29, 1.82) is 0 Å². The summed E-state index contributed by atoms with van der Waals surface area (Å²) < 4.78 is 6.07. The van der Waals surface area contributed by atoms with Gasteiger partial charge in [-0.05, 0) is 47.0 Å². The molecule has 0 N–H and O–H groups in total. The Labute approximate surface area is 112 Å². The molecule has 0 radical (unpaired) electrons. The van der Waals surface area contributed by atoms with E-state index in [0.717, 1.165) is 25.7 Å². The number of unbranched alkanes of at least 4 members (excludes halogenated alkanes) is 2. The fourth-order valence-corrected chi connectivity index (χ4v) is 2.22. The van der Waals surface area contributed by atoms with Crippen LogP contribution in [-0.2, 0) is 14.5 Å². The highest BCUT2D eigenvalue weighted by Gasteiger charge is 2.36. The van der Waals surface area contributed by atoms with E-state index in [2.05, 4.69) is 6.92 Å². The Morgan fingerprint density at radius 1 is 1.28 bits per heavy atom. The van der Waals surface area contributed by atoms with Crippen LogP contribution >= 0.6 is 0 Å². The van der Waals surface area contributed by atoms with Gasteiger partial charge in [0.15, 0.2) is 5.79 Å². The molecule has 0 saturated carbocycles. The number of rotatable bonds is 6. The molecule has 0 aromatic carbocycles. The molecule has 108 valence electrons. The van der Waals surface area contributed by atoms with E-state index in [4.69, 9.17) is 14.5 Å². The van der Waals surface area contributed by atoms with Crippen LogP contribution < -0.4 is 0 Å². The van der Waals surface area contributed by atoms with Crippen molar-refractivity contribution in [3.63, 3.8) is 0 Å². The van der Waals surface area contributed by atoms with Crippen molar-refractivity contribution in [2.75, 3.05) is 0 Å². The largest absolute Gasteiger partial charge is 0.344 e. The molecule has 1 heterocycles. The fraction of sp³-hybridized carbons (Fsp3) is 1.00. The van der Waals surface area contributed by atoms with E-state index in [1.807, 2.05) is 27.7 Å². The van der Waals surface area contributed by atoms with E-state index >= 15 is 0 Å². The van der Waals surface area contributed by atoms with Crippen molar-refractivity contribution in [2.45, 2.75) is 97.1 Å². The van der Waals surface area contributed by atoms with Crippen molar-refractivity contribution < 1.29 is 14.5 Å². The first-order valence-corrected chi connectivity index (χ1v) is 7.39. The third-order valence-corrected chi connectivity index (χ3v) is 3.17. The summed E-state index contributed by atoms with van der Waals surface area (Å²) in [5, 5.41) is 0. The van der Waals surface area contributed by atoms with E-state index in [9.17, 15) is 0 Å². The average Bonchev–Trinajstić information content (AvgIpc) is 2.27. The second-order valence-electron chi connectivity index (χ2n) is 6.54. The first-order chi connectivity index (χ1) is 8.35. The van der Waals surface area contributed by atoms with E-state index < -0.39 is 5.79 Å². The molecule has 1 aliphatic heterocycles. The molecule has 1 aliphatic rings. The second kappa shape index (κ2) is 6.88. The van der Waals surface area contributed by atoms with E-state index in [1.165, 1.54) is 19.3 Å². The molecular formula is C15H30O3. The lowest BCUT2D eigenvalue weighted by molar-refractivity contribution is -0.467. The van der Waals surface area contributed by atoms with Gasteiger partial charge < -0.3 is 4.74 Å². The van der Waals surface area contributed by atoms with Crippen molar-refractivity contribution in [2.24, 2.45) is 0 Å². The molecule has 3 nitrogen and oxygen atoms in total. The third-order valence-electron chi connectivity index (χ3n) is 3.17. The Morgan fingerprint density at radius 2 is 2.00 bits per heavy atom. The summed E-state index contributed by atoms with van der Waals surface area (Å²) in [4.78, 5) is 11.0. The van der Waals surface area contributed by atoms with Gasteiger partial charge in [0.05, 0.1) is 11.7 Å². The van der Waals surface area contributed by atoms with Crippen LogP contribution in [0, 0.1) is 0 Å². The van der Waals surface area contributed by atoms with Gasteiger partial charge in [0, 0.05) is 6.42 Å². The smallest absolute Gasteiger partial charge is 0.199 e. The Hall–Kier alpha value is -0.120. The topological polar surface area (TPSA) is 27.7 Å². The highest BCUT2D eigenvalue weighted by molar-refractivity contribution is 4.74. The quantitative estimate of drug-likeness (QED) is 0.396. The van der Waals surface area contributed by atoms with Crippen LogP contribution in [0.25, 0.3) is 0 Å². The zero-order chi connectivity index (χ0) is 13.6. The number of hydrogen-bond acceptors (Lipinski definition) is 3. The summed E-state index contributed by atoms with van der Waals surface area (Å²) >= 11 is 0. The standard InChI is InChI=1S/C15H30O3/c1-6-7-8-10-13-11-9-12-15(5,16-13)18-17-14(2,3)4/h13H,6-12H2,1-5H3. The summed E-state index contributed by atoms with van der Waals surface area (Å²) in [6, 6.07) is 0. The van der Waals surface area contributed by atoms with Gasteiger partial charge in [-0.3, -0.25) is 0 Å². The third kappa shape index (κ3) is 6.17. The predicted molar refractivity (Wildman–Crippen MR) is 73.2 cm³/mol. The van der Waals surface area contributed by atoms with Gasteiger partial charge in [0.25, 0.3) is 0 Å². The summed E-state index contributed by atoms with van der Waals surface area (Å²) in [6.07, 6.45) is 8.48. The minimum absolute atomic E-state index is 0.290. The molecule has 1 fully saturated rings. The van der Waals surface area contributed by atoms with Gasteiger partial charge in [0.1, 0.15) is 0 Å². The lowest BCUT2D eigenvalue weighted by atomic mass is 9.98. The van der Waals surface area contributed by atoms with Crippen LogP contribution in [0.5, 0.6) is 0 Å². The molecule has 2 unspecified atom stereocenters. The SMILES string of the molecule is CCCCCC1CCCC(C)(OOC(C)(C)C)O1. The molecule has 0 aliphatic carbocycles. The second-order valence-corrected chi connectivity index (χ2v) is 6.54. The van der Waals surface area contributed by atoms with Gasteiger partial charge >= 0.3 is 0 Å². The highest BCUT2D eigenvalue weighted by Crippen LogP contribution is 2.32. The molecule has 18 heavy (non-hydrogen) atoms. The summed E-state index contributed by atoms with van der Waals surface area (Å²) in [5.41, 5.74) is -0.290. The predicted octanol–water partition coefficient (Wildman–Crippen LogP) is 4.60. The molecule has 3 heteroatoms. The van der Waals surface area contributed by atoms with Gasteiger partial charge in [-0.1, -0.05) is 26.2 Å². The molecule has 0 aromatic heterocycles. The Kier molecular flexibility index (Phi) is 6.09. The molecule has 0 bridgehead atoms. The van der Waals surface area contributed by atoms with Gasteiger partial charge in [-0.2, -0.15) is 0 Å². The zero-order valence-corrected chi connectivity index (χ0v) is 12.8. The number of ether oxygens (including phenoxy) is 1.